The number of carbonyl (C=O) groups excluding carboxylic acids is 1. The van der Waals surface area contributed by atoms with Gasteiger partial charge in [-0.3, -0.25) is 4.79 Å². The Labute approximate surface area is 137 Å². The highest BCUT2D eigenvalue weighted by atomic mass is 16.5. The molecule has 6 nitrogen and oxygen atoms in total. The molecule has 0 spiro atoms. The Morgan fingerprint density at radius 2 is 2.22 bits per heavy atom. The third-order valence-electron chi connectivity index (χ3n) is 4.78. The Morgan fingerprint density at radius 3 is 3.00 bits per heavy atom. The van der Waals surface area contributed by atoms with Crippen LogP contribution in [-0.2, 0) is 20.8 Å². The van der Waals surface area contributed by atoms with E-state index in [1.165, 1.54) is 19.3 Å². The van der Waals surface area contributed by atoms with Crippen molar-refractivity contribution in [3.05, 3.63) is 18.2 Å². The normalized spacial score (nSPS) is 25.6. The van der Waals surface area contributed by atoms with Gasteiger partial charge in [0.05, 0.1) is 12.1 Å². The number of amides is 1. The van der Waals surface area contributed by atoms with Crippen molar-refractivity contribution in [2.24, 2.45) is 0 Å². The lowest BCUT2D eigenvalue weighted by atomic mass is 9.98. The van der Waals surface area contributed by atoms with Crippen molar-refractivity contribution in [1.29, 1.82) is 0 Å². The molecule has 1 N–H and O–H groups in total. The van der Waals surface area contributed by atoms with Crippen LogP contribution in [0.15, 0.2) is 12.4 Å². The van der Waals surface area contributed by atoms with Crippen LogP contribution in [0.4, 0.5) is 0 Å². The number of ether oxygens (including phenoxy) is 2. The summed E-state index contributed by atoms with van der Waals surface area (Å²) < 4.78 is 13.6. The summed E-state index contributed by atoms with van der Waals surface area (Å²) in [5.74, 6) is 0.842. The summed E-state index contributed by atoms with van der Waals surface area (Å²) in [5.41, 5.74) is 0. The minimum absolute atomic E-state index is 0.0230. The van der Waals surface area contributed by atoms with E-state index < -0.39 is 0 Å². The van der Waals surface area contributed by atoms with Crippen molar-refractivity contribution in [2.45, 2.75) is 70.2 Å². The van der Waals surface area contributed by atoms with Crippen molar-refractivity contribution >= 4 is 5.91 Å². The van der Waals surface area contributed by atoms with Crippen molar-refractivity contribution in [1.82, 2.24) is 14.9 Å². The standard InChI is InChI=1S/C17H27N3O3/c1-2-20-10-9-18-17(20)16-14(8-11-22-16)19-15(21)12-23-13-6-4-3-5-7-13/h9-10,13-14,16H,2-8,11-12H2,1H3,(H,19,21)/t14-,16-/m0/s1. The summed E-state index contributed by atoms with van der Waals surface area (Å²) in [6, 6.07) is -0.0230. The molecule has 1 amide bonds. The number of nitrogens with zero attached hydrogens (tertiary/aromatic N) is 2. The number of rotatable bonds is 6. The summed E-state index contributed by atoms with van der Waals surface area (Å²) in [7, 11) is 0. The summed E-state index contributed by atoms with van der Waals surface area (Å²) in [6.07, 6.45) is 10.5. The van der Waals surface area contributed by atoms with Crippen LogP contribution in [0, 0.1) is 0 Å². The molecule has 2 atom stereocenters. The molecule has 1 aliphatic carbocycles. The van der Waals surface area contributed by atoms with Crippen LogP contribution >= 0.6 is 0 Å². The quantitative estimate of drug-likeness (QED) is 0.872. The predicted octanol–water partition coefficient (Wildman–Crippen LogP) is 2.20. The SMILES string of the molecule is CCn1ccnc1[C@H]1OCC[C@@H]1NC(=O)COC1CCCCC1. The number of hydrogen-bond acceptors (Lipinski definition) is 4. The first-order valence-electron chi connectivity index (χ1n) is 8.81. The van der Waals surface area contributed by atoms with Gasteiger partial charge in [0.2, 0.25) is 5.91 Å². The predicted molar refractivity (Wildman–Crippen MR) is 86.0 cm³/mol. The fourth-order valence-corrected chi connectivity index (χ4v) is 3.51. The molecule has 3 rings (SSSR count). The number of aromatic nitrogens is 2. The Balaban J connectivity index is 1.51. The molecule has 0 unspecified atom stereocenters. The zero-order chi connectivity index (χ0) is 16.1. The molecule has 1 aromatic rings. The van der Waals surface area contributed by atoms with Gasteiger partial charge in [-0.25, -0.2) is 4.98 Å². The molecular weight excluding hydrogens is 294 g/mol. The van der Waals surface area contributed by atoms with Crippen LogP contribution in [0.3, 0.4) is 0 Å². The molecular formula is C17H27N3O3. The van der Waals surface area contributed by atoms with Gasteiger partial charge < -0.3 is 19.4 Å². The molecule has 0 bridgehead atoms. The van der Waals surface area contributed by atoms with Gasteiger partial charge in [0, 0.05) is 25.5 Å². The minimum atomic E-state index is -0.163. The monoisotopic (exact) mass is 321 g/mol. The van der Waals surface area contributed by atoms with E-state index in [4.69, 9.17) is 9.47 Å². The largest absolute Gasteiger partial charge is 0.368 e. The van der Waals surface area contributed by atoms with E-state index in [0.717, 1.165) is 31.6 Å². The molecule has 1 saturated carbocycles. The fraction of sp³-hybridized carbons (Fsp3) is 0.765. The third kappa shape index (κ3) is 4.12. The first kappa shape index (κ1) is 16.5. The van der Waals surface area contributed by atoms with E-state index >= 15 is 0 Å². The van der Waals surface area contributed by atoms with Crippen LogP contribution in [-0.4, -0.2) is 40.8 Å². The Hall–Kier alpha value is -1.40. The molecule has 1 aromatic heterocycles. The molecule has 23 heavy (non-hydrogen) atoms. The van der Waals surface area contributed by atoms with Gasteiger partial charge in [-0.05, 0) is 26.2 Å². The van der Waals surface area contributed by atoms with E-state index in [9.17, 15) is 4.79 Å². The topological polar surface area (TPSA) is 65.4 Å². The lowest BCUT2D eigenvalue weighted by molar-refractivity contribution is -0.129. The highest BCUT2D eigenvalue weighted by molar-refractivity contribution is 5.77. The molecule has 0 radical (unpaired) electrons. The maximum Gasteiger partial charge on any atom is 0.246 e. The van der Waals surface area contributed by atoms with E-state index in [1.807, 2.05) is 6.20 Å². The molecule has 2 fully saturated rings. The lowest BCUT2D eigenvalue weighted by Gasteiger charge is -2.23. The van der Waals surface area contributed by atoms with Gasteiger partial charge in [0.15, 0.2) is 0 Å². The lowest BCUT2D eigenvalue weighted by Crippen LogP contribution is -2.40. The maximum atomic E-state index is 12.2. The molecule has 1 aliphatic heterocycles. The number of hydrogen-bond donors (Lipinski definition) is 1. The van der Waals surface area contributed by atoms with Crippen molar-refractivity contribution < 1.29 is 14.3 Å². The van der Waals surface area contributed by atoms with Gasteiger partial charge in [0.25, 0.3) is 0 Å². The second-order valence-electron chi connectivity index (χ2n) is 6.40. The number of aryl methyl sites for hydroxylation is 1. The second-order valence-corrected chi connectivity index (χ2v) is 6.40. The number of carbonyl (C=O) groups is 1. The van der Waals surface area contributed by atoms with Gasteiger partial charge in [-0.1, -0.05) is 19.3 Å². The Morgan fingerprint density at radius 1 is 1.39 bits per heavy atom. The summed E-state index contributed by atoms with van der Waals surface area (Å²) in [4.78, 5) is 16.6. The summed E-state index contributed by atoms with van der Waals surface area (Å²) >= 11 is 0. The van der Waals surface area contributed by atoms with E-state index in [0.29, 0.717) is 6.61 Å². The van der Waals surface area contributed by atoms with Crippen LogP contribution in [0.1, 0.15) is 57.4 Å². The molecule has 0 aromatic carbocycles. The maximum absolute atomic E-state index is 12.2. The summed E-state index contributed by atoms with van der Waals surface area (Å²) in [6.45, 7) is 3.72. The average molecular weight is 321 g/mol. The third-order valence-corrected chi connectivity index (χ3v) is 4.78. The molecule has 6 heteroatoms. The second kappa shape index (κ2) is 7.93. The van der Waals surface area contributed by atoms with Crippen LogP contribution < -0.4 is 5.32 Å². The average Bonchev–Trinajstić information content (AvgIpc) is 3.22. The summed E-state index contributed by atoms with van der Waals surface area (Å²) in [5, 5.41) is 3.07. The highest BCUT2D eigenvalue weighted by Crippen LogP contribution is 2.28. The molecule has 2 heterocycles. The zero-order valence-corrected chi connectivity index (χ0v) is 13.9. The van der Waals surface area contributed by atoms with E-state index in [2.05, 4.69) is 21.8 Å². The fourth-order valence-electron chi connectivity index (χ4n) is 3.51. The number of nitrogens with one attached hydrogen (secondary N) is 1. The molecule has 1 saturated heterocycles. The van der Waals surface area contributed by atoms with Gasteiger partial charge in [-0.2, -0.15) is 0 Å². The van der Waals surface area contributed by atoms with Crippen molar-refractivity contribution in [2.75, 3.05) is 13.2 Å². The molecule has 2 aliphatic rings. The van der Waals surface area contributed by atoms with E-state index in [1.54, 1.807) is 6.20 Å². The Kier molecular flexibility index (Phi) is 5.67. The van der Waals surface area contributed by atoms with Crippen LogP contribution in [0.2, 0.25) is 0 Å². The first-order valence-corrected chi connectivity index (χ1v) is 8.81. The van der Waals surface area contributed by atoms with Crippen molar-refractivity contribution in [3.63, 3.8) is 0 Å². The minimum Gasteiger partial charge on any atom is -0.368 e. The van der Waals surface area contributed by atoms with Gasteiger partial charge >= 0.3 is 0 Å². The van der Waals surface area contributed by atoms with Crippen LogP contribution in [0.25, 0.3) is 0 Å². The van der Waals surface area contributed by atoms with Crippen molar-refractivity contribution in [3.8, 4) is 0 Å². The smallest absolute Gasteiger partial charge is 0.246 e. The first-order chi connectivity index (χ1) is 11.3. The van der Waals surface area contributed by atoms with Gasteiger partial charge in [-0.15, -0.1) is 0 Å². The van der Waals surface area contributed by atoms with E-state index in [-0.39, 0.29) is 30.8 Å². The zero-order valence-electron chi connectivity index (χ0n) is 13.9. The highest BCUT2D eigenvalue weighted by Gasteiger charge is 2.33. The van der Waals surface area contributed by atoms with Gasteiger partial charge in [0.1, 0.15) is 18.5 Å². The number of imidazole rings is 1. The van der Waals surface area contributed by atoms with Crippen LogP contribution in [0.5, 0.6) is 0 Å². The Bertz CT molecular complexity index is 511. The molecule has 128 valence electrons.